The summed E-state index contributed by atoms with van der Waals surface area (Å²) in [4.78, 5) is 46.2. The van der Waals surface area contributed by atoms with Crippen molar-refractivity contribution < 1.29 is 24.6 Å². The van der Waals surface area contributed by atoms with Crippen LogP contribution in [0.3, 0.4) is 0 Å². The van der Waals surface area contributed by atoms with Gasteiger partial charge in [0.2, 0.25) is 11.8 Å². The van der Waals surface area contributed by atoms with E-state index in [1.54, 1.807) is 23.2 Å². The summed E-state index contributed by atoms with van der Waals surface area (Å²) >= 11 is 0. The third-order valence-electron chi connectivity index (χ3n) is 7.75. The van der Waals surface area contributed by atoms with Crippen molar-refractivity contribution in [2.24, 2.45) is 11.7 Å². The first-order chi connectivity index (χ1) is 20.4. The van der Waals surface area contributed by atoms with Crippen LogP contribution < -0.4 is 16.0 Å². The second kappa shape index (κ2) is 15.1. The number of urea groups is 1. The van der Waals surface area contributed by atoms with E-state index in [-0.39, 0.29) is 56.6 Å². The topological polar surface area (TPSA) is 149 Å². The standard InChI is InChI=1S/C32H39N5O5/c33-30(40)29(25-7-6-16-34-21-25)35-31(41)28-11-5-4-10-27(28)24-14-12-23(13-15-24)22-37(26-8-2-1-3-9-26)32(42)36(17-19-38)18-20-39/h1-3,6-9,12-16,21,27-29,38-39H,4-5,10-11,17-20,22H2,(H2,33,40)(H,35,41)/t27-,28+,29-/m0/s1. The largest absolute Gasteiger partial charge is 0.395 e. The van der Waals surface area contributed by atoms with Crippen LogP contribution in [-0.2, 0) is 16.1 Å². The number of aromatic nitrogens is 1. The number of carbonyl (C=O) groups is 3. The maximum absolute atomic E-state index is 13.5. The zero-order chi connectivity index (χ0) is 29.9. The van der Waals surface area contributed by atoms with Crippen LogP contribution in [0, 0.1) is 5.92 Å². The molecule has 3 aromatic rings. The van der Waals surface area contributed by atoms with Gasteiger partial charge in [-0.2, -0.15) is 0 Å². The Labute approximate surface area is 246 Å². The van der Waals surface area contributed by atoms with Crippen LogP contribution >= 0.6 is 0 Å². The minimum atomic E-state index is -0.950. The van der Waals surface area contributed by atoms with Gasteiger partial charge in [0.25, 0.3) is 0 Å². The molecule has 3 atom stereocenters. The first-order valence-corrected chi connectivity index (χ1v) is 14.3. The van der Waals surface area contributed by atoms with Gasteiger partial charge < -0.3 is 26.2 Å². The number of hydrogen-bond acceptors (Lipinski definition) is 6. The summed E-state index contributed by atoms with van der Waals surface area (Å²) in [5, 5.41) is 21.8. The molecule has 1 fully saturated rings. The van der Waals surface area contributed by atoms with Gasteiger partial charge in [-0.05, 0) is 48.1 Å². The maximum Gasteiger partial charge on any atom is 0.324 e. The molecule has 1 heterocycles. The Morgan fingerprint density at radius 2 is 1.62 bits per heavy atom. The average Bonchev–Trinajstić information content (AvgIpc) is 3.03. The molecule has 5 N–H and O–H groups in total. The Kier molecular flexibility index (Phi) is 11.0. The summed E-state index contributed by atoms with van der Waals surface area (Å²) in [6.45, 7) is 0.105. The van der Waals surface area contributed by atoms with Gasteiger partial charge in [0.15, 0.2) is 0 Å². The highest BCUT2D eigenvalue weighted by Crippen LogP contribution is 2.38. The number of anilines is 1. The van der Waals surface area contributed by atoms with Crippen LogP contribution in [0.1, 0.15) is 54.3 Å². The summed E-state index contributed by atoms with van der Waals surface area (Å²) in [6, 6.07) is 19.4. The fourth-order valence-corrected chi connectivity index (χ4v) is 5.60. The van der Waals surface area contributed by atoms with Gasteiger partial charge in [-0.25, -0.2) is 4.79 Å². The average molecular weight is 574 g/mol. The molecule has 1 aliphatic carbocycles. The van der Waals surface area contributed by atoms with Crippen LogP contribution in [0.5, 0.6) is 0 Å². The first-order valence-electron chi connectivity index (χ1n) is 14.3. The van der Waals surface area contributed by atoms with Crippen molar-refractivity contribution in [3.05, 3.63) is 95.8 Å². The van der Waals surface area contributed by atoms with E-state index in [0.717, 1.165) is 30.4 Å². The van der Waals surface area contributed by atoms with Crippen molar-refractivity contribution in [2.75, 3.05) is 31.2 Å². The number of nitrogens with two attached hydrogens (primary N) is 1. The number of aliphatic hydroxyl groups is 2. The summed E-state index contributed by atoms with van der Waals surface area (Å²) in [6.07, 6.45) is 6.60. The Balaban J connectivity index is 1.52. The molecule has 1 aliphatic rings. The fraction of sp³-hybridized carbons (Fsp3) is 0.375. The van der Waals surface area contributed by atoms with Gasteiger partial charge in [-0.3, -0.25) is 19.5 Å². The molecule has 222 valence electrons. The molecule has 2 aromatic carbocycles. The highest BCUT2D eigenvalue weighted by Gasteiger charge is 2.34. The van der Waals surface area contributed by atoms with Crippen LogP contribution in [0.2, 0.25) is 0 Å². The number of hydrogen-bond donors (Lipinski definition) is 4. The summed E-state index contributed by atoms with van der Waals surface area (Å²) in [7, 11) is 0. The number of benzene rings is 2. The molecular formula is C32H39N5O5. The third-order valence-corrected chi connectivity index (χ3v) is 7.75. The molecule has 0 unspecified atom stereocenters. The lowest BCUT2D eigenvalue weighted by Crippen LogP contribution is -2.45. The molecule has 0 radical (unpaired) electrons. The number of carbonyl (C=O) groups excluding carboxylic acids is 3. The van der Waals surface area contributed by atoms with Crippen molar-refractivity contribution in [3.8, 4) is 0 Å². The molecule has 1 aromatic heterocycles. The monoisotopic (exact) mass is 573 g/mol. The highest BCUT2D eigenvalue weighted by molar-refractivity contribution is 5.92. The maximum atomic E-state index is 13.5. The molecule has 4 rings (SSSR count). The van der Waals surface area contributed by atoms with Gasteiger partial charge in [0.1, 0.15) is 6.04 Å². The van der Waals surface area contributed by atoms with E-state index in [1.165, 1.54) is 11.1 Å². The van der Waals surface area contributed by atoms with Gasteiger partial charge >= 0.3 is 6.03 Å². The molecule has 10 nitrogen and oxygen atoms in total. The molecule has 0 saturated heterocycles. The molecule has 0 bridgehead atoms. The number of pyridine rings is 1. The van der Waals surface area contributed by atoms with Crippen LogP contribution in [0.4, 0.5) is 10.5 Å². The quantitative estimate of drug-likeness (QED) is 0.262. The van der Waals surface area contributed by atoms with Crippen LogP contribution in [0.25, 0.3) is 0 Å². The lowest BCUT2D eigenvalue weighted by molar-refractivity contribution is -0.131. The Bertz CT molecular complexity index is 1300. The first kappa shape index (κ1) is 30.7. The van der Waals surface area contributed by atoms with Crippen molar-refractivity contribution in [1.82, 2.24) is 15.2 Å². The van der Waals surface area contributed by atoms with E-state index in [1.807, 2.05) is 54.6 Å². The molecular weight excluding hydrogens is 534 g/mol. The number of rotatable bonds is 12. The van der Waals surface area contributed by atoms with Gasteiger partial charge in [-0.1, -0.05) is 61.4 Å². The normalized spacial score (nSPS) is 17.2. The number of aliphatic hydroxyl groups excluding tert-OH is 2. The summed E-state index contributed by atoms with van der Waals surface area (Å²) in [5.74, 6) is -1.17. The van der Waals surface area contributed by atoms with E-state index in [0.29, 0.717) is 17.7 Å². The van der Waals surface area contributed by atoms with E-state index < -0.39 is 11.9 Å². The smallest absolute Gasteiger partial charge is 0.324 e. The number of amides is 4. The SMILES string of the molecule is NC(=O)[C@@H](NC(=O)[C@@H]1CCCC[C@H]1c1ccc(CN(C(=O)N(CCO)CCO)c2ccccc2)cc1)c1cccnc1. The zero-order valence-electron chi connectivity index (χ0n) is 23.6. The molecule has 0 spiro atoms. The molecule has 0 aliphatic heterocycles. The lowest BCUT2D eigenvalue weighted by atomic mass is 9.74. The van der Waals surface area contributed by atoms with Gasteiger partial charge in [-0.15, -0.1) is 0 Å². The number of nitrogens with one attached hydrogen (secondary N) is 1. The van der Waals surface area contributed by atoms with Crippen LogP contribution in [0.15, 0.2) is 79.1 Å². The number of para-hydroxylation sites is 1. The Hall–Kier alpha value is -4.28. The molecule has 42 heavy (non-hydrogen) atoms. The minimum Gasteiger partial charge on any atom is -0.395 e. The molecule has 4 amide bonds. The predicted molar refractivity (Wildman–Crippen MR) is 159 cm³/mol. The van der Waals surface area contributed by atoms with E-state index in [9.17, 15) is 24.6 Å². The van der Waals surface area contributed by atoms with E-state index in [4.69, 9.17) is 5.73 Å². The Morgan fingerprint density at radius 1 is 0.929 bits per heavy atom. The Morgan fingerprint density at radius 3 is 2.24 bits per heavy atom. The molecule has 10 heteroatoms. The fourth-order valence-electron chi connectivity index (χ4n) is 5.60. The molecule has 1 saturated carbocycles. The second-order valence-electron chi connectivity index (χ2n) is 10.5. The second-order valence-corrected chi connectivity index (χ2v) is 10.5. The minimum absolute atomic E-state index is 0.0216. The van der Waals surface area contributed by atoms with Gasteiger partial charge in [0, 0.05) is 42.7 Å². The van der Waals surface area contributed by atoms with Gasteiger partial charge in [0.05, 0.1) is 19.8 Å². The number of primary amides is 1. The zero-order valence-corrected chi connectivity index (χ0v) is 23.6. The van der Waals surface area contributed by atoms with E-state index >= 15 is 0 Å². The summed E-state index contributed by atoms with van der Waals surface area (Å²) < 4.78 is 0. The van der Waals surface area contributed by atoms with Crippen molar-refractivity contribution >= 4 is 23.5 Å². The number of nitrogens with zero attached hydrogens (tertiary/aromatic N) is 3. The predicted octanol–water partition coefficient (Wildman–Crippen LogP) is 3.11. The van der Waals surface area contributed by atoms with Crippen molar-refractivity contribution in [1.29, 1.82) is 0 Å². The lowest BCUT2D eigenvalue weighted by Gasteiger charge is -2.32. The van der Waals surface area contributed by atoms with Crippen LogP contribution in [-0.4, -0.2) is 64.2 Å². The van der Waals surface area contributed by atoms with E-state index in [2.05, 4.69) is 10.3 Å². The highest BCUT2D eigenvalue weighted by atomic mass is 16.3. The third kappa shape index (κ3) is 7.71. The van der Waals surface area contributed by atoms with Crippen molar-refractivity contribution in [2.45, 2.75) is 44.2 Å². The van der Waals surface area contributed by atoms with Crippen molar-refractivity contribution in [3.63, 3.8) is 0 Å². The summed E-state index contributed by atoms with van der Waals surface area (Å²) in [5.41, 5.74) is 8.79.